The van der Waals surface area contributed by atoms with Gasteiger partial charge in [-0.15, -0.1) is 4.80 Å². The fraction of sp³-hybridized carbons (Fsp3) is 0.423. The van der Waals surface area contributed by atoms with Crippen LogP contribution in [-0.2, 0) is 21.6 Å². The maximum atomic E-state index is 14.4. The van der Waals surface area contributed by atoms with E-state index in [1.54, 1.807) is 6.92 Å². The van der Waals surface area contributed by atoms with Gasteiger partial charge in [0.2, 0.25) is 5.91 Å². The number of amides is 1. The van der Waals surface area contributed by atoms with Crippen LogP contribution in [0.15, 0.2) is 40.2 Å². The number of carbonyl (C=O) groups excluding carboxylic acids is 1. The number of ether oxygens (including phenoxy) is 2. The lowest BCUT2D eigenvalue weighted by Gasteiger charge is -2.28. The van der Waals surface area contributed by atoms with Gasteiger partial charge in [-0.3, -0.25) is 14.2 Å². The molecule has 0 aliphatic heterocycles. The number of fused-ring (bicyclic) bond motifs is 1. The maximum Gasteiger partial charge on any atom is 0.333 e. The van der Waals surface area contributed by atoms with Crippen LogP contribution in [0.3, 0.4) is 0 Å². The molecule has 4 rings (SSSR count). The zero-order chi connectivity index (χ0) is 28.6. The van der Waals surface area contributed by atoms with Gasteiger partial charge in [0.15, 0.2) is 0 Å². The van der Waals surface area contributed by atoms with E-state index in [9.17, 15) is 18.8 Å². The quantitative estimate of drug-likeness (QED) is 0.335. The Balaban J connectivity index is 2.07. The van der Waals surface area contributed by atoms with Crippen molar-refractivity contribution in [1.29, 1.82) is 0 Å². The van der Waals surface area contributed by atoms with Crippen LogP contribution >= 0.6 is 11.3 Å². The zero-order valence-electron chi connectivity index (χ0n) is 22.8. The van der Waals surface area contributed by atoms with Gasteiger partial charge in [-0.2, -0.15) is 10.2 Å². The molecule has 0 unspecified atom stereocenters. The van der Waals surface area contributed by atoms with Gasteiger partial charge >= 0.3 is 5.69 Å². The monoisotopic (exact) mass is 558 g/mol. The van der Waals surface area contributed by atoms with Crippen molar-refractivity contribution in [3.63, 3.8) is 0 Å². The number of hydrogen-bond acceptors (Lipinski definition) is 8. The number of methoxy groups -OCH3 is 1. The molecule has 11 nitrogen and oxygen atoms in total. The summed E-state index contributed by atoms with van der Waals surface area (Å²) in [7, 11) is 2.90. The third-order valence-electron chi connectivity index (χ3n) is 6.45. The van der Waals surface area contributed by atoms with E-state index in [-0.39, 0.29) is 18.0 Å². The van der Waals surface area contributed by atoms with E-state index in [1.165, 1.54) is 79.3 Å². The van der Waals surface area contributed by atoms with Crippen molar-refractivity contribution in [3.8, 4) is 10.8 Å². The lowest BCUT2D eigenvalue weighted by molar-refractivity contribution is -0.128. The summed E-state index contributed by atoms with van der Waals surface area (Å²) in [5.41, 5.74) is -1.90. The summed E-state index contributed by atoms with van der Waals surface area (Å²) in [5.74, 6) is -0.629. The summed E-state index contributed by atoms with van der Waals surface area (Å²) in [6.45, 7) is 8.29. The van der Waals surface area contributed by atoms with E-state index in [1.807, 2.05) is 13.8 Å². The van der Waals surface area contributed by atoms with E-state index < -0.39 is 34.6 Å². The maximum absolute atomic E-state index is 14.4. The first-order chi connectivity index (χ1) is 18.4. The highest BCUT2D eigenvalue weighted by atomic mass is 32.1. The molecule has 4 aromatic rings. The second-order valence-electron chi connectivity index (χ2n) is 9.76. The van der Waals surface area contributed by atoms with Gasteiger partial charge in [-0.1, -0.05) is 11.3 Å². The Bertz CT molecular complexity index is 1640. The molecule has 1 atom stereocenters. The Morgan fingerprint density at radius 2 is 1.87 bits per heavy atom. The number of thiophene rings is 1. The summed E-state index contributed by atoms with van der Waals surface area (Å²) < 4.78 is 28.4. The van der Waals surface area contributed by atoms with Crippen molar-refractivity contribution in [1.82, 2.24) is 29.4 Å². The molecular weight excluding hydrogens is 527 g/mol. The number of aryl methyl sites for hydroxylation is 1. The van der Waals surface area contributed by atoms with Crippen LogP contribution in [0.4, 0.5) is 4.39 Å². The van der Waals surface area contributed by atoms with Crippen molar-refractivity contribution in [2.75, 3.05) is 14.2 Å². The number of carbonyl (C=O) groups is 1. The van der Waals surface area contributed by atoms with E-state index in [0.717, 1.165) is 4.57 Å². The first-order valence-corrected chi connectivity index (χ1v) is 13.1. The molecular formula is C26H31FN6O5S. The normalized spacial score (nSPS) is 12.7. The summed E-state index contributed by atoms with van der Waals surface area (Å²) in [5, 5.41) is 11.7. The van der Waals surface area contributed by atoms with E-state index in [2.05, 4.69) is 15.5 Å². The summed E-state index contributed by atoms with van der Waals surface area (Å²) >= 11 is 1.17. The number of likely N-dealkylation sites (N-methyl/N-ethyl adjacent to an activating group) is 1. The van der Waals surface area contributed by atoms with Crippen LogP contribution < -0.4 is 21.3 Å². The van der Waals surface area contributed by atoms with E-state index >= 15 is 0 Å². The minimum Gasteiger partial charge on any atom is -0.496 e. The molecule has 0 spiro atoms. The number of rotatable bonds is 9. The number of benzene rings is 1. The smallest absolute Gasteiger partial charge is 0.333 e. The lowest BCUT2D eigenvalue weighted by atomic mass is 10.0. The van der Waals surface area contributed by atoms with E-state index in [4.69, 9.17) is 9.47 Å². The van der Waals surface area contributed by atoms with Crippen molar-refractivity contribution in [3.05, 3.63) is 68.4 Å². The molecule has 208 valence electrons. The van der Waals surface area contributed by atoms with E-state index in [0.29, 0.717) is 26.7 Å². The summed E-state index contributed by atoms with van der Waals surface area (Å²) in [6, 6.07) is 4.07. The average molecular weight is 559 g/mol. The van der Waals surface area contributed by atoms with Crippen LogP contribution in [0.25, 0.3) is 15.2 Å². The van der Waals surface area contributed by atoms with Crippen molar-refractivity contribution >= 4 is 27.5 Å². The van der Waals surface area contributed by atoms with Gasteiger partial charge < -0.3 is 14.8 Å². The first-order valence-electron chi connectivity index (χ1n) is 12.3. The van der Waals surface area contributed by atoms with Gasteiger partial charge in [-0.25, -0.2) is 13.8 Å². The molecule has 1 amide bonds. The lowest BCUT2D eigenvalue weighted by Crippen LogP contribution is -2.55. The number of nitrogens with zero attached hydrogens (tertiary/aromatic N) is 5. The fourth-order valence-corrected chi connectivity index (χ4v) is 5.79. The molecule has 3 aromatic heterocycles. The van der Waals surface area contributed by atoms with Crippen LogP contribution in [0, 0.1) is 12.7 Å². The predicted octanol–water partition coefficient (Wildman–Crippen LogP) is 2.91. The van der Waals surface area contributed by atoms with Gasteiger partial charge in [0.25, 0.3) is 5.56 Å². The standard InChI is InChI=1S/C26H31FN6O5S/c1-14(2)38-19(17-12-16(27)8-9-18(17)37-7)13-31-23-20(15(3)22(39-23)33-29-10-11-30-33)21(34)32(25(31)36)26(4,5)24(35)28-6/h8-12,14,19H,13H2,1-7H3,(H,28,35)/t19-/m0/s1. The molecule has 13 heteroatoms. The minimum atomic E-state index is -1.53. The highest BCUT2D eigenvalue weighted by molar-refractivity contribution is 7.21. The Hall–Kier alpha value is -3.84. The predicted molar refractivity (Wildman–Crippen MR) is 145 cm³/mol. The SMILES string of the molecule is CNC(=O)C(C)(C)n1c(=O)c2c(C)c(-n3nccn3)sc2n(C[C@H](OC(C)C)c2cc(F)ccc2OC)c1=O. The third kappa shape index (κ3) is 4.99. The highest BCUT2D eigenvalue weighted by Gasteiger charge is 2.35. The molecule has 0 radical (unpaired) electrons. The third-order valence-corrected chi connectivity index (χ3v) is 7.73. The number of aromatic nitrogens is 5. The number of halogens is 1. The zero-order valence-corrected chi connectivity index (χ0v) is 23.6. The largest absolute Gasteiger partial charge is 0.496 e. The second-order valence-corrected chi connectivity index (χ2v) is 10.7. The van der Waals surface area contributed by atoms with Crippen molar-refractivity contribution in [2.45, 2.75) is 58.9 Å². The Morgan fingerprint density at radius 1 is 1.21 bits per heavy atom. The van der Waals surface area contributed by atoms with Crippen molar-refractivity contribution < 1.29 is 18.7 Å². The van der Waals surface area contributed by atoms with Crippen molar-refractivity contribution in [2.24, 2.45) is 0 Å². The molecule has 0 fully saturated rings. The Labute approximate surface area is 227 Å². The van der Waals surface area contributed by atoms with Gasteiger partial charge in [-0.05, 0) is 52.8 Å². The van der Waals surface area contributed by atoms with Gasteiger partial charge in [0.1, 0.15) is 33.0 Å². The van der Waals surface area contributed by atoms with Crippen LogP contribution in [0.1, 0.15) is 44.9 Å². The molecule has 0 aliphatic carbocycles. The Morgan fingerprint density at radius 3 is 2.46 bits per heavy atom. The molecule has 3 heterocycles. The van der Waals surface area contributed by atoms with Crippen LogP contribution in [-0.4, -0.2) is 50.3 Å². The first kappa shape index (κ1) is 28.2. The second kappa shape index (κ2) is 10.7. The molecule has 1 aromatic carbocycles. The Kier molecular flexibility index (Phi) is 7.75. The minimum absolute atomic E-state index is 0.0939. The molecule has 0 saturated heterocycles. The van der Waals surface area contributed by atoms with Crippen LogP contribution in [0.5, 0.6) is 5.75 Å². The topological polar surface area (TPSA) is 122 Å². The summed E-state index contributed by atoms with van der Waals surface area (Å²) in [4.78, 5) is 42.6. The molecule has 39 heavy (non-hydrogen) atoms. The van der Waals surface area contributed by atoms with Gasteiger partial charge in [0.05, 0.1) is 37.5 Å². The molecule has 1 N–H and O–H groups in total. The highest BCUT2D eigenvalue weighted by Crippen LogP contribution is 2.34. The average Bonchev–Trinajstić information content (AvgIpc) is 3.53. The summed E-state index contributed by atoms with van der Waals surface area (Å²) in [6.07, 6.45) is 1.88. The molecule has 0 aliphatic rings. The van der Waals surface area contributed by atoms with Gasteiger partial charge in [0, 0.05) is 18.2 Å². The molecule has 0 saturated carbocycles. The number of hydrogen-bond donors (Lipinski definition) is 1. The number of nitrogens with one attached hydrogen (secondary N) is 1. The van der Waals surface area contributed by atoms with Crippen LogP contribution in [0.2, 0.25) is 0 Å². The fourth-order valence-electron chi connectivity index (χ4n) is 4.57. The molecule has 0 bridgehead atoms.